The lowest BCUT2D eigenvalue weighted by atomic mass is 9.95. The second-order valence-electron chi connectivity index (χ2n) is 9.97. The van der Waals surface area contributed by atoms with Gasteiger partial charge < -0.3 is 24.8 Å². The Morgan fingerprint density at radius 3 is 2.11 bits per heavy atom. The summed E-state index contributed by atoms with van der Waals surface area (Å²) in [5, 5.41) is 11.8. The molecule has 2 aromatic rings. The Morgan fingerprint density at radius 2 is 1.60 bits per heavy atom. The van der Waals surface area contributed by atoms with Crippen molar-refractivity contribution in [3.05, 3.63) is 59.7 Å². The van der Waals surface area contributed by atoms with Crippen LogP contribution in [0.1, 0.15) is 44.2 Å². The van der Waals surface area contributed by atoms with Gasteiger partial charge in [0, 0.05) is 26.1 Å². The smallest absolute Gasteiger partial charge is 0.407 e. The third kappa shape index (κ3) is 7.05. The zero-order valence-corrected chi connectivity index (χ0v) is 20.7. The number of carbonyl (C=O) groups is 3. The number of rotatable bonds is 10. The molecule has 2 N–H and O–H groups in total. The summed E-state index contributed by atoms with van der Waals surface area (Å²) in [6.07, 6.45) is -1.26. The van der Waals surface area contributed by atoms with Gasteiger partial charge in [0.25, 0.3) is 0 Å². The van der Waals surface area contributed by atoms with Crippen molar-refractivity contribution in [2.75, 3.05) is 33.4 Å². The van der Waals surface area contributed by atoms with Gasteiger partial charge in [0.05, 0.1) is 12.5 Å². The van der Waals surface area contributed by atoms with Crippen LogP contribution in [0.15, 0.2) is 48.5 Å². The molecule has 35 heavy (non-hydrogen) atoms. The Hall–Kier alpha value is -3.39. The summed E-state index contributed by atoms with van der Waals surface area (Å²) in [7, 11) is 1.45. The SMILES string of the molecule is COC(CNC(=O)OCC1c2ccccc2-c2ccccc21)CC(=O)N(CC(=O)O)CC(C)(C)C. The molecule has 0 spiro atoms. The van der Waals surface area contributed by atoms with Gasteiger partial charge in [-0.1, -0.05) is 69.3 Å². The molecule has 1 atom stereocenters. The minimum absolute atomic E-state index is 0.0464. The molecule has 0 heterocycles. The van der Waals surface area contributed by atoms with Gasteiger partial charge in [-0.25, -0.2) is 4.79 Å². The lowest BCUT2D eigenvalue weighted by Crippen LogP contribution is -2.44. The summed E-state index contributed by atoms with van der Waals surface area (Å²) >= 11 is 0. The second-order valence-corrected chi connectivity index (χ2v) is 9.97. The van der Waals surface area contributed by atoms with Gasteiger partial charge in [0.1, 0.15) is 13.2 Å². The standard InChI is InChI=1S/C27H34N2O6/c1-27(2,3)17-29(15-25(31)32)24(30)13-18(34-4)14-28-26(33)35-16-23-21-11-7-5-9-19(21)20-10-6-8-12-22(20)23/h5-12,18,23H,13-17H2,1-4H3,(H,28,33)(H,31,32). The Kier molecular flexibility index (Phi) is 8.51. The lowest BCUT2D eigenvalue weighted by molar-refractivity contribution is -0.146. The quantitative estimate of drug-likeness (QED) is 0.532. The van der Waals surface area contributed by atoms with Crippen molar-refractivity contribution in [1.29, 1.82) is 0 Å². The summed E-state index contributed by atoms with van der Waals surface area (Å²) in [6.45, 7) is 5.97. The van der Waals surface area contributed by atoms with Gasteiger partial charge in [0.2, 0.25) is 5.91 Å². The summed E-state index contributed by atoms with van der Waals surface area (Å²) in [5.41, 5.74) is 4.29. The van der Waals surface area contributed by atoms with Crippen molar-refractivity contribution >= 4 is 18.0 Å². The summed E-state index contributed by atoms with van der Waals surface area (Å²) in [5.74, 6) is -1.47. The molecule has 1 unspecified atom stereocenters. The number of ether oxygens (including phenoxy) is 2. The fourth-order valence-corrected chi connectivity index (χ4v) is 4.38. The van der Waals surface area contributed by atoms with Crippen LogP contribution in [-0.2, 0) is 19.1 Å². The molecule has 1 aliphatic rings. The predicted octanol–water partition coefficient (Wildman–Crippen LogP) is 3.89. The largest absolute Gasteiger partial charge is 0.480 e. The molecule has 0 aliphatic heterocycles. The third-order valence-corrected chi connectivity index (χ3v) is 5.90. The average Bonchev–Trinajstić information content (AvgIpc) is 3.12. The van der Waals surface area contributed by atoms with Crippen molar-refractivity contribution in [3.63, 3.8) is 0 Å². The van der Waals surface area contributed by atoms with E-state index in [0.717, 1.165) is 22.3 Å². The first kappa shape index (κ1) is 26.2. The lowest BCUT2D eigenvalue weighted by Gasteiger charge is -2.30. The Morgan fingerprint density at radius 1 is 1.03 bits per heavy atom. The fraction of sp³-hybridized carbons (Fsp3) is 0.444. The van der Waals surface area contributed by atoms with E-state index in [9.17, 15) is 14.4 Å². The Balaban J connectivity index is 1.54. The molecule has 0 saturated heterocycles. The first-order valence-corrected chi connectivity index (χ1v) is 11.7. The van der Waals surface area contributed by atoms with Crippen molar-refractivity contribution in [2.24, 2.45) is 5.41 Å². The maximum absolute atomic E-state index is 12.7. The van der Waals surface area contributed by atoms with E-state index in [0.29, 0.717) is 6.54 Å². The van der Waals surface area contributed by atoms with Gasteiger partial charge in [-0.15, -0.1) is 0 Å². The fourth-order valence-electron chi connectivity index (χ4n) is 4.38. The van der Waals surface area contributed by atoms with Crippen molar-refractivity contribution in [2.45, 2.75) is 39.2 Å². The van der Waals surface area contributed by atoms with E-state index >= 15 is 0 Å². The second kappa shape index (κ2) is 11.4. The number of nitrogens with one attached hydrogen (secondary N) is 1. The van der Waals surface area contributed by atoms with Crippen LogP contribution in [0, 0.1) is 5.41 Å². The average molecular weight is 483 g/mol. The number of hydrogen-bond acceptors (Lipinski definition) is 5. The number of amides is 2. The molecule has 0 fully saturated rings. The van der Waals surface area contributed by atoms with Crippen LogP contribution in [0.5, 0.6) is 0 Å². The van der Waals surface area contributed by atoms with Crippen LogP contribution in [0.2, 0.25) is 0 Å². The number of hydrogen-bond donors (Lipinski definition) is 2. The zero-order valence-electron chi connectivity index (χ0n) is 20.7. The number of benzene rings is 2. The maximum Gasteiger partial charge on any atom is 0.407 e. The highest BCUT2D eigenvalue weighted by Gasteiger charge is 2.29. The molecule has 8 nitrogen and oxygen atoms in total. The van der Waals surface area contributed by atoms with Crippen LogP contribution in [-0.4, -0.2) is 67.4 Å². The molecule has 3 rings (SSSR count). The first-order chi connectivity index (χ1) is 16.6. The molecule has 2 amide bonds. The highest BCUT2D eigenvalue weighted by atomic mass is 16.5. The summed E-state index contributed by atoms with van der Waals surface area (Å²) in [4.78, 5) is 37.7. The maximum atomic E-state index is 12.7. The molecule has 0 aromatic heterocycles. The van der Waals surface area contributed by atoms with E-state index in [1.54, 1.807) is 0 Å². The first-order valence-electron chi connectivity index (χ1n) is 11.7. The zero-order chi connectivity index (χ0) is 25.6. The molecule has 8 heteroatoms. The van der Waals surface area contributed by atoms with Gasteiger partial charge in [-0.05, 0) is 27.7 Å². The van der Waals surface area contributed by atoms with Crippen LogP contribution in [0.4, 0.5) is 4.79 Å². The van der Waals surface area contributed by atoms with Crippen molar-refractivity contribution in [3.8, 4) is 11.1 Å². The number of carboxylic acid groups (broad SMARTS) is 1. The van der Waals surface area contributed by atoms with Crippen LogP contribution < -0.4 is 5.32 Å². The normalized spacial score (nSPS) is 13.5. The predicted molar refractivity (Wildman–Crippen MR) is 132 cm³/mol. The van der Waals surface area contributed by atoms with Gasteiger partial charge in [0.15, 0.2) is 0 Å². The van der Waals surface area contributed by atoms with Gasteiger partial charge >= 0.3 is 12.1 Å². The molecule has 0 bridgehead atoms. The van der Waals surface area contributed by atoms with Crippen molar-refractivity contribution in [1.82, 2.24) is 10.2 Å². The third-order valence-electron chi connectivity index (χ3n) is 5.90. The molecular weight excluding hydrogens is 448 g/mol. The number of carbonyl (C=O) groups excluding carboxylic acids is 2. The number of aliphatic carboxylic acids is 1. The highest BCUT2D eigenvalue weighted by Crippen LogP contribution is 2.44. The number of carboxylic acids is 1. The van der Waals surface area contributed by atoms with E-state index in [4.69, 9.17) is 14.6 Å². The monoisotopic (exact) mass is 482 g/mol. The van der Waals surface area contributed by atoms with Crippen LogP contribution in [0.3, 0.4) is 0 Å². The van der Waals surface area contributed by atoms with Crippen LogP contribution in [0.25, 0.3) is 11.1 Å². The molecule has 0 radical (unpaired) electrons. The molecule has 188 valence electrons. The molecule has 0 saturated carbocycles. The summed E-state index contributed by atoms with van der Waals surface area (Å²) in [6, 6.07) is 16.2. The minimum atomic E-state index is -1.08. The number of fused-ring (bicyclic) bond motifs is 3. The van der Waals surface area contributed by atoms with E-state index in [1.807, 2.05) is 57.2 Å². The number of alkyl carbamates (subject to hydrolysis) is 1. The highest BCUT2D eigenvalue weighted by molar-refractivity contribution is 5.82. The van der Waals surface area contributed by atoms with E-state index in [-0.39, 0.29) is 43.4 Å². The molecular formula is C27H34N2O6. The number of methoxy groups -OCH3 is 1. The Labute approximate surface area is 206 Å². The van der Waals surface area contributed by atoms with E-state index in [1.165, 1.54) is 12.0 Å². The van der Waals surface area contributed by atoms with Crippen LogP contribution >= 0.6 is 0 Å². The summed E-state index contributed by atoms with van der Waals surface area (Å²) < 4.78 is 10.9. The topological polar surface area (TPSA) is 105 Å². The minimum Gasteiger partial charge on any atom is -0.480 e. The van der Waals surface area contributed by atoms with Gasteiger partial charge in [-0.2, -0.15) is 0 Å². The van der Waals surface area contributed by atoms with E-state index < -0.39 is 18.2 Å². The Bertz CT molecular complexity index is 1020. The van der Waals surface area contributed by atoms with Crippen molar-refractivity contribution < 1.29 is 29.0 Å². The molecule has 2 aromatic carbocycles. The molecule has 1 aliphatic carbocycles. The van der Waals surface area contributed by atoms with Gasteiger partial charge in [-0.3, -0.25) is 9.59 Å². The number of nitrogens with zero attached hydrogens (tertiary/aromatic N) is 1. The van der Waals surface area contributed by atoms with E-state index in [2.05, 4.69) is 17.4 Å².